The largest absolute Gasteiger partial charge is 0.382 e. The van der Waals surface area contributed by atoms with Gasteiger partial charge in [-0.05, 0) is 33.1 Å². The third-order valence-corrected chi connectivity index (χ3v) is 4.00. The van der Waals surface area contributed by atoms with Gasteiger partial charge in [-0.2, -0.15) is 0 Å². The maximum Gasteiger partial charge on any atom is 0.287 e. The third kappa shape index (κ3) is 4.11. The van der Waals surface area contributed by atoms with E-state index in [1.165, 1.54) is 6.07 Å². The Hall–Kier alpha value is -3.10. The first-order valence-electron chi connectivity index (χ1n) is 8.32. The average molecular weight is 357 g/mol. The van der Waals surface area contributed by atoms with E-state index in [-0.39, 0.29) is 17.8 Å². The van der Waals surface area contributed by atoms with Crippen LogP contribution in [0.4, 0.5) is 10.2 Å². The minimum atomic E-state index is -0.484. The van der Waals surface area contributed by atoms with Crippen LogP contribution in [-0.4, -0.2) is 36.9 Å². The molecule has 3 aromatic rings. The molecule has 3 heterocycles. The number of aryl methyl sites for hydroxylation is 2. The first kappa shape index (κ1) is 17.7. The third-order valence-electron chi connectivity index (χ3n) is 4.00. The number of nitrogens with zero attached hydrogens (tertiary/aromatic N) is 4. The fraction of sp³-hybridized carbons (Fsp3) is 0.353. The van der Waals surface area contributed by atoms with Crippen molar-refractivity contribution in [2.24, 2.45) is 0 Å². The number of halogens is 1. The molecule has 9 heteroatoms. The number of nitrogen functional groups attached to an aromatic ring is 1. The van der Waals surface area contributed by atoms with Gasteiger partial charge in [0.25, 0.3) is 5.91 Å². The van der Waals surface area contributed by atoms with Gasteiger partial charge in [-0.3, -0.25) is 9.78 Å². The van der Waals surface area contributed by atoms with E-state index in [0.29, 0.717) is 17.0 Å². The zero-order valence-corrected chi connectivity index (χ0v) is 14.6. The number of nitrogens with two attached hydrogens (primary N) is 1. The smallest absolute Gasteiger partial charge is 0.287 e. The van der Waals surface area contributed by atoms with Crippen LogP contribution in [0.1, 0.15) is 41.8 Å². The van der Waals surface area contributed by atoms with Gasteiger partial charge in [0.2, 0.25) is 0 Å². The Labute approximate surface area is 149 Å². The van der Waals surface area contributed by atoms with Crippen molar-refractivity contribution in [2.75, 3.05) is 5.73 Å². The Morgan fingerprint density at radius 1 is 1.35 bits per heavy atom. The van der Waals surface area contributed by atoms with Crippen molar-refractivity contribution in [2.45, 2.75) is 39.2 Å². The Kier molecular flexibility index (Phi) is 5.06. The lowest BCUT2D eigenvalue weighted by atomic mass is 10.1. The summed E-state index contributed by atoms with van der Waals surface area (Å²) in [5, 5.41) is 2.87. The number of rotatable bonds is 6. The lowest BCUT2D eigenvalue weighted by Crippen LogP contribution is -2.33. The number of amides is 1. The molecular formula is C17H20FN7O. The second-order valence-electron chi connectivity index (χ2n) is 6.21. The van der Waals surface area contributed by atoms with Gasteiger partial charge < -0.3 is 16.0 Å². The number of nitrogens with one attached hydrogen (secondary N) is 2. The zero-order valence-electron chi connectivity index (χ0n) is 14.6. The minimum absolute atomic E-state index is 0.0526. The van der Waals surface area contributed by atoms with Gasteiger partial charge in [0.15, 0.2) is 11.5 Å². The molecule has 3 rings (SSSR count). The molecule has 0 bridgehead atoms. The van der Waals surface area contributed by atoms with Gasteiger partial charge >= 0.3 is 0 Å². The molecule has 0 unspecified atom stereocenters. The molecule has 0 spiro atoms. The molecule has 1 amide bonds. The highest BCUT2D eigenvalue weighted by molar-refractivity contribution is 5.93. The van der Waals surface area contributed by atoms with Crippen LogP contribution in [0.2, 0.25) is 0 Å². The highest BCUT2D eigenvalue weighted by atomic mass is 19.1. The highest BCUT2D eigenvalue weighted by Gasteiger charge is 2.15. The molecule has 0 saturated carbocycles. The molecule has 0 fully saturated rings. The second kappa shape index (κ2) is 7.42. The van der Waals surface area contributed by atoms with Crippen LogP contribution in [0.5, 0.6) is 0 Å². The molecule has 136 valence electrons. The van der Waals surface area contributed by atoms with Crippen LogP contribution in [-0.2, 0) is 6.42 Å². The molecule has 3 aromatic heterocycles. The van der Waals surface area contributed by atoms with Crippen molar-refractivity contribution in [3.05, 3.63) is 41.5 Å². The Morgan fingerprint density at radius 3 is 2.92 bits per heavy atom. The van der Waals surface area contributed by atoms with E-state index in [1.807, 2.05) is 13.8 Å². The van der Waals surface area contributed by atoms with Crippen LogP contribution < -0.4 is 11.1 Å². The monoisotopic (exact) mass is 357 g/mol. The van der Waals surface area contributed by atoms with Gasteiger partial charge in [-0.15, -0.1) is 0 Å². The molecule has 0 aliphatic carbocycles. The summed E-state index contributed by atoms with van der Waals surface area (Å²) >= 11 is 0. The number of carbonyl (C=O) groups is 1. The normalized spacial score (nSPS) is 12.3. The van der Waals surface area contributed by atoms with E-state index in [9.17, 15) is 9.18 Å². The van der Waals surface area contributed by atoms with E-state index in [2.05, 4.69) is 30.2 Å². The summed E-state index contributed by atoms with van der Waals surface area (Å²) in [6.45, 7) is 3.74. The molecule has 0 aliphatic heterocycles. The molecule has 4 N–H and O–H groups in total. The van der Waals surface area contributed by atoms with Crippen molar-refractivity contribution >= 4 is 22.9 Å². The molecule has 0 saturated heterocycles. The lowest BCUT2D eigenvalue weighted by Gasteiger charge is -2.12. The summed E-state index contributed by atoms with van der Waals surface area (Å²) in [6, 6.07) is 1.20. The lowest BCUT2D eigenvalue weighted by molar-refractivity contribution is 0.0929. The van der Waals surface area contributed by atoms with Gasteiger partial charge in [0.1, 0.15) is 11.6 Å². The van der Waals surface area contributed by atoms with Gasteiger partial charge in [0, 0.05) is 12.1 Å². The number of aromatic nitrogens is 5. The van der Waals surface area contributed by atoms with Gasteiger partial charge in [-0.1, -0.05) is 0 Å². The number of anilines is 1. The number of carbonyl (C=O) groups excluding carboxylic acids is 1. The number of imidazole rings is 1. The molecule has 1 atom stereocenters. The average Bonchev–Trinajstić information content (AvgIpc) is 3.01. The predicted octanol–water partition coefficient (Wildman–Crippen LogP) is 1.92. The first-order chi connectivity index (χ1) is 12.4. The number of hydrogen-bond acceptors (Lipinski definition) is 6. The predicted molar refractivity (Wildman–Crippen MR) is 94.9 cm³/mol. The molecule has 26 heavy (non-hydrogen) atoms. The maximum atomic E-state index is 13.2. The van der Waals surface area contributed by atoms with Crippen LogP contribution in [0, 0.1) is 12.7 Å². The first-order valence-corrected chi connectivity index (χ1v) is 8.32. The number of pyridine rings is 1. The van der Waals surface area contributed by atoms with E-state index < -0.39 is 5.82 Å². The standard InChI is InChI=1S/C17H20FN7O/c1-9(4-3-5-12-8-20-14(19)10(2)23-12)22-17(26)16-24-13-6-11(18)7-21-15(13)25-16/h6-9H,3-5H2,1-2H3,(H2,19,20)(H,22,26)(H,21,24,25)/t9-/m0/s1. The fourth-order valence-electron chi connectivity index (χ4n) is 2.60. The van der Waals surface area contributed by atoms with E-state index >= 15 is 0 Å². The van der Waals surface area contributed by atoms with E-state index in [1.54, 1.807) is 6.20 Å². The Morgan fingerprint density at radius 2 is 2.15 bits per heavy atom. The SMILES string of the molecule is Cc1nc(CCC[C@H](C)NC(=O)c2nc3ncc(F)cc3[nH]2)cnc1N. The molecule has 8 nitrogen and oxygen atoms in total. The van der Waals surface area contributed by atoms with Crippen LogP contribution in [0.25, 0.3) is 11.2 Å². The summed E-state index contributed by atoms with van der Waals surface area (Å²) in [7, 11) is 0. The van der Waals surface area contributed by atoms with Crippen LogP contribution in [0.3, 0.4) is 0 Å². The second-order valence-corrected chi connectivity index (χ2v) is 6.21. The van der Waals surface area contributed by atoms with Crippen molar-refractivity contribution in [1.82, 2.24) is 30.2 Å². The summed E-state index contributed by atoms with van der Waals surface area (Å²) in [4.78, 5) is 31.4. The summed E-state index contributed by atoms with van der Waals surface area (Å²) in [5.41, 5.74) is 7.95. The number of fused-ring (bicyclic) bond motifs is 1. The summed E-state index contributed by atoms with van der Waals surface area (Å²) in [5.74, 6) is -0.277. The maximum absolute atomic E-state index is 13.2. The van der Waals surface area contributed by atoms with Crippen molar-refractivity contribution in [1.29, 1.82) is 0 Å². The quantitative estimate of drug-likeness (QED) is 0.619. The van der Waals surface area contributed by atoms with Crippen molar-refractivity contribution < 1.29 is 9.18 Å². The Balaban J connectivity index is 1.52. The van der Waals surface area contributed by atoms with E-state index in [4.69, 9.17) is 5.73 Å². The number of aromatic amines is 1. The van der Waals surface area contributed by atoms with Gasteiger partial charge in [0.05, 0.1) is 29.3 Å². The summed E-state index contributed by atoms with van der Waals surface area (Å²) in [6.07, 6.45) is 5.10. The van der Waals surface area contributed by atoms with Crippen molar-refractivity contribution in [3.63, 3.8) is 0 Å². The molecule has 0 aromatic carbocycles. The molecule has 0 aliphatic rings. The van der Waals surface area contributed by atoms with Crippen LogP contribution >= 0.6 is 0 Å². The number of H-pyrrole nitrogens is 1. The minimum Gasteiger partial charge on any atom is -0.382 e. The van der Waals surface area contributed by atoms with Gasteiger partial charge in [-0.25, -0.2) is 19.3 Å². The number of hydrogen-bond donors (Lipinski definition) is 3. The topological polar surface area (TPSA) is 122 Å². The Bertz CT molecular complexity index is 940. The summed E-state index contributed by atoms with van der Waals surface area (Å²) < 4.78 is 13.2. The fourth-order valence-corrected chi connectivity index (χ4v) is 2.60. The highest BCUT2D eigenvalue weighted by Crippen LogP contribution is 2.11. The van der Waals surface area contributed by atoms with E-state index in [0.717, 1.165) is 36.8 Å². The molecule has 0 radical (unpaired) electrons. The zero-order chi connectivity index (χ0) is 18.7. The van der Waals surface area contributed by atoms with Crippen molar-refractivity contribution in [3.8, 4) is 0 Å². The molecular weight excluding hydrogens is 337 g/mol. The van der Waals surface area contributed by atoms with Crippen LogP contribution in [0.15, 0.2) is 18.5 Å².